The quantitative estimate of drug-likeness (QED) is 0.745. The van der Waals surface area contributed by atoms with Crippen LogP contribution in [0.2, 0.25) is 0 Å². The van der Waals surface area contributed by atoms with E-state index in [-0.39, 0.29) is 22.9 Å². The zero-order chi connectivity index (χ0) is 17.9. The van der Waals surface area contributed by atoms with Gasteiger partial charge in [0.25, 0.3) is 10.1 Å². The van der Waals surface area contributed by atoms with Crippen molar-refractivity contribution in [3.05, 3.63) is 59.9 Å². The molecule has 3 rings (SSSR count). The second-order valence-corrected chi connectivity index (χ2v) is 7.91. The summed E-state index contributed by atoms with van der Waals surface area (Å²) < 4.78 is 49.0. The fraction of sp³-hybridized carbons (Fsp3) is 0.368. The smallest absolute Gasteiger partial charge is 0.297 e. The standard InChI is InChI=1S/C19H21FO4S/c1-14-5-11-19(12-6-14)25(21,22)24-17-9-7-16(8-10-17)23-18-4-2-3-15(20)13-18/h2-6,11-13,16-17H,7-10H2,1H3. The number of ether oxygens (including phenoxy) is 1. The molecule has 0 atom stereocenters. The van der Waals surface area contributed by atoms with Gasteiger partial charge < -0.3 is 4.74 Å². The normalized spacial score (nSPS) is 21.0. The molecular formula is C19H21FO4S. The maximum atomic E-state index is 13.2. The molecule has 25 heavy (non-hydrogen) atoms. The van der Waals surface area contributed by atoms with E-state index in [0.717, 1.165) is 5.56 Å². The largest absolute Gasteiger partial charge is 0.490 e. The number of rotatable bonds is 5. The highest BCUT2D eigenvalue weighted by atomic mass is 32.2. The van der Waals surface area contributed by atoms with Gasteiger partial charge in [-0.15, -0.1) is 0 Å². The Balaban J connectivity index is 1.54. The number of hydrogen-bond acceptors (Lipinski definition) is 4. The van der Waals surface area contributed by atoms with Crippen molar-refractivity contribution in [3.63, 3.8) is 0 Å². The Hall–Kier alpha value is -1.92. The van der Waals surface area contributed by atoms with Crippen molar-refractivity contribution in [2.75, 3.05) is 0 Å². The average Bonchev–Trinajstić information content (AvgIpc) is 2.57. The summed E-state index contributed by atoms with van der Waals surface area (Å²) in [5.74, 6) is 0.162. The van der Waals surface area contributed by atoms with Crippen LogP contribution in [0.5, 0.6) is 5.75 Å². The molecule has 0 amide bonds. The summed E-state index contributed by atoms with van der Waals surface area (Å²) in [7, 11) is -3.75. The first kappa shape index (κ1) is 17.9. The molecule has 4 nitrogen and oxygen atoms in total. The average molecular weight is 364 g/mol. The van der Waals surface area contributed by atoms with Gasteiger partial charge in [-0.1, -0.05) is 23.8 Å². The molecule has 0 spiro atoms. The maximum Gasteiger partial charge on any atom is 0.297 e. The number of hydrogen-bond donors (Lipinski definition) is 0. The molecule has 2 aromatic rings. The highest BCUT2D eigenvalue weighted by molar-refractivity contribution is 7.86. The summed E-state index contributed by atoms with van der Waals surface area (Å²) in [6, 6.07) is 12.7. The van der Waals surface area contributed by atoms with E-state index < -0.39 is 10.1 Å². The zero-order valence-electron chi connectivity index (χ0n) is 14.0. The SMILES string of the molecule is Cc1ccc(S(=O)(=O)OC2CCC(Oc3cccc(F)c3)CC2)cc1. The van der Waals surface area contributed by atoms with E-state index in [2.05, 4.69) is 0 Å². The van der Waals surface area contributed by atoms with Crippen LogP contribution >= 0.6 is 0 Å². The topological polar surface area (TPSA) is 52.6 Å². The minimum atomic E-state index is -3.75. The Morgan fingerprint density at radius 2 is 1.60 bits per heavy atom. The van der Waals surface area contributed by atoms with Gasteiger partial charge in [-0.05, 0) is 56.9 Å². The van der Waals surface area contributed by atoms with Crippen LogP contribution in [-0.4, -0.2) is 20.6 Å². The van der Waals surface area contributed by atoms with Crippen LogP contribution in [-0.2, 0) is 14.3 Å². The summed E-state index contributed by atoms with van der Waals surface area (Å²) in [6.07, 6.45) is 2.12. The first-order valence-electron chi connectivity index (χ1n) is 8.34. The van der Waals surface area contributed by atoms with Gasteiger partial charge in [0.15, 0.2) is 0 Å². The van der Waals surface area contributed by atoms with Crippen molar-refractivity contribution >= 4 is 10.1 Å². The van der Waals surface area contributed by atoms with Gasteiger partial charge in [-0.2, -0.15) is 8.42 Å². The summed E-state index contributed by atoms with van der Waals surface area (Å²) in [5, 5.41) is 0. The molecule has 0 N–H and O–H groups in total. The predicted octanol–water partition coefficient (Wildman–Crippen LogP) is 4.23. The lowest BCUT2D eigenvalue weighted by atomic mass is 9.95. The number of benzene rings is 2. The molecule has 6 heteroatoms. The minimum Gasteiger partial charge on any atom is -0.490 e. The van der Waals surface area contributed by atoms with Crippen molar-refractivity contribution in [2.24, 2.45) is 0 Å². The fourth-order valence-electron chi connectivity index (χ4n) is 2.92. The van der Waals surface area contributed by atoms with Crippen LogP contribution in [0.15, 0.2) is 53.4 Å². The monoisotopic (exact) mass is 364 g/mol. The highest BCUT2D eigenvalue weighted by Crippen LogP contribution is 2.28. The minimum absolute atomic E-state index is 0.0521. The third kappa shape index (κ3) is 4.80. The van der Waals surface area contributed by atoms with Gasteiger partial charge in [0.05, 0.1) is 17.1 Å². The summed E-state index contributed by atoms with van der Waals surface area (Å²) in [6.45, 7) is 1.90. The zero-order valence-corrected chi connectivity index (χ0v) is 14.8. The second-order valence-electron chi connectivity index (χ2n) is 6.34. The molecule has 1 fully saturated rings. The van der Waals surface area contributed by atoms with Crippen LogP contribution in [0.3, 0.4) is 0 Å². The maximum absolute atomic E-state index is 13.2. The summed E-state index contributed by atoms with van der Waals surface area (Å²) in [4.78, 5) is 0.177. The Kier molecular flexibility index (Phi) is 5.39. The Morgan fingerprint density at radius 3 is 2.24 bits per heavy atom. The first-order valence-corrected chi connectivity index (χ1v) is 9.75. The van der Waals surface area contributed by atoms with Gasteiger partial charge in [-0.3, -0.25) is 4.18 Å². The molecule has 0 aromatic heterocycles. The molecule has 134 valence electrons. The molecule has 0 saturated heterocycles. The Labute approximate surface area is 147 Å². The van der Waals surface area contributed by atoms with Crippen molar-refractivity contribution in [1.29, 1.82) is 0 Å². The first-order chi connectivity index (χ1) is 11.9. The summed E-state index contributed by atoms with van der Waals surface area (Å²) >= 11 is 0. The Bertz CT molecular complexity index is 810. The molecule has 1 aliphatic carbocycles. The fourth-order valence-corrected chi connectivity index (χ4v) is 4.05. The lowest BCUT2D eigenvalue weighted by Gasteiger charge is -2.28. The highest BCUT2D eigenvalue weighted by Gasteiger charge is 2.28. The number of aryl methyl sites for hydroxylation is 1. The Morgan fingerprint density at radius 1 is 0.960 bits per heavy atom. The van der Waals surface area contributed by atoms with Crippen LogP contribution in [0.4, 0.5) is 4.39 Å². The van der Waals surface area contributed by atoms with Crippen molar-refractivity contribution in [1.82, 2.24) is 0 Å². The van der Waals surface area contributed by atoms with Crippen LogP contribution in [0.1, 0.15) is 31.2 Å². The van der Waals surface area contributed by atoms with E-state index in [1.54, 1.807) is 36.4 Å². The lowest BCUT2D eigenvalue weighted by molar-refractivity contribution is 0.0840. The van der Waals surface area contributed by atoms with E-state index in [0.29, 0.717) is 31.4 Å². The third-order valence-corrected chi connectivity index (χ3v) is 5.67. The molecule has 0 radical (unpaired) electrons. The molecule has 0 bridgehead atoms. The van der Waals surface area contributed by atoms with Gasteiger partial charge in [-0.25, -0.2) is 4.39 Å². The van der Waals surface area contributed by atoms with E-state index in [4.69, 9.17) is 8.92 Å². The lowest BCUT2D eigenvalue weighted by Crippen LogP contribution is -2.30. The van der Waals surface area contributed by atoms with Gasteiger partial charge >= 0.3 is 0 Å². The van der Waals surface area contributed by atoms with Crippen molar-refractivity contribution in [3.8, 4) is 5.75 Å². The summed E-state index contributed by atoms with van der Waals surface area (Å²) in [5.41, 5.74) is 0.994. The van der Waals surface area contributed by atoms with E-state index in [1.807, 2.05) is 6.92 Å². The van der Waals surface area contributed by atoms with Crippen molar-refractivity contribution in [2.45, 2.75) is 49.7 Å². The molecule has 1 aliphatic rings. The van der Waals surface area contributed by atoms with E-state index >= 15 is 0 Å². The van der Waals surface area contributed by atoms with Crippen LogP contribution in [0, 0.1) is 12.7 Å². The molecule has 1 saturated carbocycles. The van der Waals surface area contributed by atoms with Crippen LogP contribution in [0.25, 0.3) is 0 Å². The second kappa shape index (κ2) is 7.54. The van der Waals surface area contributed by atoms with Crippen molar-refractivity contribution < 1.29 is 21.7 Å². The predicted molar refractivity (Wildman–Crippen MR) is 92.5 cm³/mol. The van der Waals surface area contributed by atoms with Gasteiger partial charge in [0, 0.05) is 6.07 Å². The molecule has 2 aromatic carbocycles. The molecule has 0 heterocycles. The van der Waals surface area contributed by atoms with E-state index in [9.17, 15) is 12.8 Å². The molecule has 0 aliphatic heterocycles. The molecular weight excluding hydrogens is 343 g/mol. The third-order valence-electron chi connectivity index (χ3n) is 4.29. The van der Waals surface area contributed by atoms with Gasteiger partial charge in [0.1, 0.15) is 11.6 Å². The number of halogens is 1. The van der Waals surface area contributed by atoms with Gasteiger partial charge in [0.2, 0.25) is 0 Å². The van der Waals surface area contributed by atoms with E-state index in [1.165, 1.54) is 12.1 Å². The molecule has 0 unspecified atom stereocenters. The van der Waals surface area contributed by atoms with Crippen LogP contribution < -0.4 is 4.74 Å².